The maximum atomic E-state index is 5.54. The number of methoxy groups -OCH3 is 1. The van der Waals surface area contributed by atoms with Crippen LogP contribution in [-0.4, -0.2) is 26.9 Å². The van der Waals surface area contributed by atoms with Crippen molar-refractivity contribution in [3.63, 3.8) is 0 Å². The van der Waals surface area contributed by atoms with Gasteiger partial charge in [-0.15, -0.1) is 0 Å². The van der Waals surface area contributed by atoms with E-state index in [-0.39, 0.29) is 6.04 Å². The Balaban J connectivity index is 2.38. The molecule has 0 saturated carbocycles. The van der Waals surface area contributed by atoms with Gasteiger partial charge < -0.3 is 14.8 Å². The number of benzene rings is 1. The number of hydrogen-bond acceptors (Lipinski definition) is 3. The van der Waals surface area contributed by atoms with Crippen LogP contribution in [0.25, 0.3) is 0 Å². The van der Waals surface area contributed by atoms with Crippen molar-refractivity contribution >= 4 is 0 Å². The van der Waals surface area contributed by atoms with Gasteiger partial charge >= 0.3 is 0 Å². The summed E-state index contributed by atoms with van der Waals surface area (Å²) in [7, 11) is 1.72. The fourth-order valence-electron chi connectivity index (χ4n) is 1.98. The van der Waals surface area contributed by atoms with Crippen LogP contribution in [0.4, 0.5) is 0 Å². The first-order chi connectivity index (χ1) is 9.19. The number of nitrogens with one attached hydrogen (secondary N) is 1. The normalized spacial score (nSPS) is 12.4. The van der Waals surface area contributed by atoms with Crippen LogP contribution in [0, 0.1) is 6.92 Å². The number of ether oxygens (including phenoxy) is 2. The molecule has 0 saturated heterocycles. The highest BCUT2D eigenvalue weighted by atomic mass is 16.5. The summed E-state index contributed by atoms with van der Waals surface area (Å²) < 4.78 is 11.0. The highest BCUT2D eigenvalue weighted by Crippen LogP contribution is 2.25. The zero-order valence-electron chi connectivity index (χ0n) is 12.7. The summed E-state index contributed by atoms with van der Waals surface area (Å²) in [6.45, 7) is 8.89. The van der Waals surface area contributed by atoms with E-state index in [0.29, 0.717) is 0 Å². The molecule has 0 amide bonds. The van der Waals surface area contributed by atoms with Gasteiger partial charge in [0, 0.05) is 24.8 Å². The first kappa shape index (κ1) is 16.0. The van der Waals surface area contributed by atoms with Gasteiger partial charge in [-0.05, 0) is 31.9 Å². The van der Waals surface area contributed by atoms with Gasteiger partial charge in [-0.25, -0.2) is 0 Å². The van der Waals surface area contributed by atoms with Gasteiger partial charge in [0.25, 0.3) is 0 Å². The van der Waals surface area contributed by atoms with Crippen LogP contribution < -0.4 is 10.1 Å². The maximum Gasteiger partial charge on any atom is 0.123 e. The molecule has 1 aromatic rings. The van der Waals surface area contributed by atoms with Crippen molar-refractivity contribution in [2.24, 2.45) is 0 Å². The molecule has 0 fully saturated rings. The third-order valence-electron chi connectivity index (χ3n) is 3.19. The number of unbranched alkanes of at least 4 members (excludes halogenated alkanes) is 1. The van der Waals surface area contributed by atoms with Crippen LogP contribution in [0.2, 0.25) is 0 Å². The lowest BCUT2D eigenvalue weighted by Gasteiger charge is -2.17. The third kappa shape index (κ3) is 5.62. The van der Waals surface area contributed by atoms with Crippen LogP contribution in [0.1, 0.15) is 43.9 Å². The van der Waals surface area contributed by atoms with Crippen molar-refractivity contribution in [1.29, 1.82) is 0 Å². The largest absolute Gasteiger partial charge is 0.496 e. The fraction of sp³-hybridized carbons (Fsp3) is 0.625. The summed E-state index contributed by atoms with van der Waals surface area (Å²) >= 11 is 0. The molecular formula is C16H27NO2. The van der Waals surface area contributed by atoms with Gasteiger partial charge in [-0.1, -0.05) is 25.5 Å². The van der Waals surface area contributed by atoms with Crippen molar-refractivity contribution in [3.8, 4) is 5.75 Å². The van der Waals surface area contributed by atoms with Crippen LogP contribution >= 0.6 is 0 Å². The molecule has 0 aliphatic heterocycles. The Morgan fingerprint density at radius 2 is 2.05 bits per heavy atom. The Hall–Kier alpha value is -1.06. The summed E-state index contributed by atoms with van der Waals surface area (Å²) in [6.07, 6.45) is 2.33. The predicted octanol–water partition coefficient (Wildman–Crippen LogP) is 3.47. The molecular weight excluding hydrogens is 238 g/mol. The molecule has 1 atom stereocenters. The van der Waals surface area contributed by atoms with E-state index in [0.717, 1.165) is 31.9 Å². The molecule has 1 unspecified atom stereocenters. The standard InChI is InChI=1S/C16H27NO2/c1-5-6-10-19-11-9-17-14(3)15-8-7-13(2)12-16(15)18-4/h7-8,12,14,17H,5-6,9-11H2,1-4H3. The Morgan fingerprint density at radius 1 is 1.26 bits per heavy atom. The molecule has 0 spiro atoms. The second kappa shape index (κ2) is 8.94. The van der Waals surface area contributed by atoms with Gasteiger partial charge in [-0.3, -0.25) is 0 Å². The minimum atomic E-state index is 0.269. The summed E-state index contributed by atoms with van der Waals surface area (Å²) in [4.78, 5) is 0. The molecule has 1 aromatic carbocycles. The van der Waals surface area contributed by atoms with E-state index >= 15 is 0 Å². The number of hydrogen-bond donors (Lipinski definition) is 1. The predicted molar refractivity (Wildman–Crippen MR) is 79.9 cm³/mol. The van der Waals surface area contributed by atoms with Crippen LogP contribution in [0.3, 0.4) is 0 Å². The van der Waals surface area contributed by atoms with Gasteiger partial charge in [0.1, 0.15) is 5.75 Å². The Labute approximate surface area is 117 Å². The zero-order valence-corrected chi connectivity index (χ0v) is 12.7. The van der Waals surface area contributed by atoms with Crippen molar-refractivity contribution in [2.75, 3.05) is 26.9 Å². The van der Waals surface area contributed by atoms with Crippen molar-refractivity contribution < 1.29 is 9.47 Å². The summed E-state index contributed by atoms with van der Waals surface area (Å²) in [5.41, 5.74) is 2.41. The zero-order chi connectivity index (χ0) is 14.1. The van der Waals surface area contributed by atoms with E-state index in [1.54, 1.807) is 7.11 Å². The lowest BCUT2D eigenvalue weighted by molar-refractivity contribution is 0.131. The SMILES string of the molecule is CCCCOCCNC(C)c1ccc(C)cc1OC. The number of rotatable bonds is 9. The topological polar surface area (TPSA) is 30.5 Å². The average molecular weight is 265 g/mol. The van der Waals surface area contributed by atoms with E-state index < -0.39 is 0 Å². The molecule has 0 aliphatic rings. The quantitative estimate of drug-likeness (QED) is 0.693. The van der Waals surface area contributed by atoms with Crippen molar-refractivity contribution in [2.45, 2.75) is 39.7 Å². The molecule has 3 heteroatoms. The van der Waals surface area contributed by atoms with Crippen molar-refractivity contribution in [1.82, 2.24) is 5.32 Å². The number of aryl methyl sites for hydroxylation is 1. The first-order valence-electron chi connectivity index (χ1n) is 7.14. The first-order valence-corrected chi connectivity index (χ1v) is 7.14. The van der Waals surface area contributed by atoms with Gasteiger partial charge in [0.2, 0.25) is 0 Å². The van der Waals surface area contributed by atoms with Gasteiger partial charge in [-0.2, -0.15) is 0 Å². The highest BCUT2D eigenvalue weighted by molar-refractivity contribution is 5.38. The van der Waals surface area contributed by atoms with Crippen LogP contribution in [0.5, 0.6) is 5.75 Å². The van der Waals surface area contributed by atoms with E-state index in [1.807, 2.05) is 0 Å². The van der Waals surface area contributed by atoms with E-state index in [1.165, 1.54) is 17.5 Å². The Kier molecular flexibility index (Phi) is 7.53. The molecule has 1 N–H and O–H groups in total. The minimum Gasteiger partial charge on any atom is -0.496 e. The van der Waals surface area contributed by atoms with Crippen LogP contribution in [-0.2, 0) is 4.74 Å². The van der Waals surface area contributed by atoms with Gasteiger partial charge in [0.15, 0.2) is 0 Å². The monoisotopic (exact) mass is 265 g/mol. The molecule has 108 valence electrons. The second-order valence-electron chi connectivity index (χ2n) is 4.89. The molecule has 0 radical (unpaired) electrons. The summed E-state index contributed by atoms with van der Waals surface area (Å²) in [5, 5.41) is 3.46. The second-order valence-corrected chi connectivity index (χ2v) is 4.89. The van der Waals surface area contributed by atoms with E-state index in [4.69, 9.17) is 9.47 Å². The fourth-order valence-corrected chi connectivity index (χ4v) is 1.98. The molecule has 1 rings (SSSR count). The van der Waals surface area contributed by atoms with Gasteiger partial charge in [0.05, 0.1) is 13.7 Å². The maximum absolute atomic E-state index is 5.54. The average Bonchev–Trinajstić information content (AvgIpc) is 2.42. The van der Waals surface area contributed by atoms with E-state index in [2.05, 4.69) is 44.3 Å². The molecule has 3 nitrogen and oxygen atoms in total. The van der Waals surface area contributed by atoms with E-state index in [9.17, 15) is 0 Å². The highest BCUT2D eigenvalue weighted by Gasteiger charge is 2.10. The minimum absolute atomic E-state index is 0.269. The summed E-state index contributed by atoms with van der Waals surface area (Å²) in [6, 6.07) is 6.59. The van der Waals surface area contributed by atoms with Crippen LogP contribution in [0.15, 0.2) is 18.2 Å². The molecule has 0 aromatic heterocycles. The molecule has 19 heavy (non-hydrogen) atoms. The third-order valence-corrected chi connectivity index (χ3v) is 3.19. The lowest BCUT2D eigenvalue weighted by Crippen LogP contribution is -2.23. The lowest BCUT2D eigenvalue weighted by atomic mass is 10.1. The smallest absolute Gasteiger partial charge is 0.123 e. The molecule has 0 heterocycles. The molecule has 0 bridgehead atoms. The Morgan fingerprint density at radius 3 is 2.74 bits per heavy atom. The van der Waals surface area contributed by atoms with Crippen molar-refractivity contribution in [3.05, 3.63) is 29.3 Å². The summed E-state index contributed by atoms with van der Waals surface area (Å²) in [5.74, 6) is 0.951. The molecule has 0 aliphatic carbocycles. The Bertz CT molecular complexity index is 366.